The molecule has 0 spiro atoms. The van der Waals surface area contributed by atoms with Crippen molar-refractivity contribution in [3.63, 3.8) is 0 Å². The lowest BCUT2D eigenvalue weighted by atomic mass is 10.0. The molecule has 2 aromatic carbocycles. The zero-order valence-corrected chi connectivity index (χ0v) is 23.7. The number of fused-ring (bicyclic) bond motifs is 1. The van der Waals surface area contributed by atoms with E-state index in [9.17, 15) is 23.6 Å². The highest BCUT2D eigenvalue weighted by molar-refractivity contribution is 6.30. The minimum atomic E-state index is -0.755. The van der Waals surface area contributed by atoms with E-state index in [4.69, 9.17) is 22.1 Å². The fourth-order valence-electron chi connectivity index (χ4n) is 5.05. The molecule has 0 atom stereocenters. The first-order chi connectivity index (χ1) is 20.2. The molecule has 0 bridgehead atoms. The second-order valence-electron chi connectivity index (χ2n) is 10.6. The maximum atomic E-state index is 14.2. The van der Waals surface area contributed by atoms with Crippen molar-refractivity contribution in [2.75, 3.05) is 39.4 Å². The number of Topliss-reactive ketones (excluding diaryl/α,β-unsaturated/α-hetero) is 1. The fourth-order valence-corrected chi connectivity index (χ4v) is 5.24. The average molecular weight is 599 g/mol. The van der Waals surface area contributed by atoms with E-state index in [1.807, 2.05) is 4.90 Å². The Kier molecular flexibility index (Phi) is 9.15. The lowest BCUT2D eigenvalue weighted by Gasteiger charge is -2.25. The van der Waals surface area contributed by atoms with Gasteiger partial charge in [-0.1, -0.05) is 29.8 Å². The number of nitrogens with two attached hydrogens (primary N) is 1. The van der Waals surface area contributed by atoms with Gasteiger partial charge in [-0.3, -0.25) is 28.8 Å². The highest BCUT2D eigenvalue weighted by Crippen LogP contribution is 2.28. The van der Waals surface area contributed by atoms with Crippen LogP contribution < -0.4 is 11.1 Å². The Balaban J connectivity index is 1.26. The molecule has 11 nitrogen and oxygen atoms in total. The van der Waals surface area contributed by atoms with Gasteiger partial charge in [-0.15, -0.1) is 0 Å². The normalized spacial score (nSPS) is 15.5. The number of amides is 3. The molecule has 2 fully saturated rings. The minimum Gasteiger partial charge on any atom is -0.379 e. The molecule has 13 heteroatoms. The predicted octanol–water partition coefficient (Wildman–Crippen LogP) is 1.68. The summed E-state index contributed by atoms with van der Waals surface area (Å²) >= 11 is 5.81. The van der Waals surface area contributed by atoms with E-state index < -0.39 is 17.6 Å². The van der Waals surface area contributed by atoms with Crippen LogP contribution in [-0.4, -0.2) is 88.5 Å². The number of ketones is 1. The Morgan fingerprint density at radius 1 is 1.12 bits per heavy atom. The van der Waals surface area contributed by atoms with E-state index in [-0.39, 0.29) is 60.1 Å². The van der Waals surface area contributed by atoms with Gasteiger partial charge in [-0.05, 0) is 36.6 Å². The molecule has 1 aliphatic heterocycles. The van der Waals surface area contributed by atoms with Crippen LogP contribution in [0.2, 0.25) is 5.02 Å². The van der Waals surface area contributed by atoms with Crippen LogP contribution >= 0.6 is 11.6 Å². The third-order valence-corrected chi connectivity index (χ3v) is 7.66. The SMILES string of the molecule is NC(=O)c1nn(CC(=O)N(CC(=O)NCc2cccc(Cl)c2F)C2CC2)c2ccc(CC(=O)CN3CCOCC3)cc12. The number of nitrogens with one attached hydrogen (secondary N) is 1. The molecule has 1 saturated heterocycles. The molecule has 2 heterocycles. The number of primary amides is 1. The first-order valence-electron chi connectivity index (χ1n) is 13.8. The molecule has 3 N–H and O–H groups in total. The van der Waals surface area contributed by atoms with E-state index in [0.29, 0.717) is 49.3 Å². The number of carbonyl (C=O) groups excluding carboxylic acids is 4. The van der Waals surface area contributed by atoms with Crippen molar-refractivity contribution < 1.29 is 28.3 Å². The minimum absolute atomic E-state index is 0.000424. The number of aromatic nitrogens is 2. The molecule has 42 heavy (non-hydrogen) atoms. The average Bonchev–Trinajstić information content (AvgIpc) is 3.74. The third kappa shape index (κ3) is 7.12. The van der Waals surface area contributed by atoms with E-state index >= 15 is 0 Å². The molecular formula is C29H32ClFN6O5. The number of carbonyl (C=O) groups is 4. The van der Waals surface area contributed by atoms with Crippen LogP contribution in [-0.2, 0) is 38.6 Å². The Bertz CT molecular complexity index is 1520. The van der Waals surface area contributed by atoms with Crippen molar-refractivity contribution >= 4 is 46.0 Å². The first-order valence-corrected chi connectivity index (χ1v) is 14.2. The van der Waals surface area contributed by atoms with Crippen molar-refractivity contribution in [1.29, 1.82) is 0 Å². The number of ether oxygens (including phenoxy) is 1. The third-order valence-electron chi connectivity index (χ3n) is 7.37. The molecule has 0 unspecified atom stereocenters. The summed E-state index contributed by atoms with van der Waals surface area (Å²) in [6, 6.07) is 9.64. The fraction of sp³-hybridized carbons (Fsp3) is 0.414. The number of hydrogen-bond acceptors (Lipinski definition) is 7. The van der Waals surface area contributed by atoms with Crippen LogP contribution in [0.5, 0.6) is 0 Å². The molecule has 3 aromatic rings. The second-order valence-corrected chi connectivity index (χ2v) is 11.0. The molecule has 2 aliphatic rings. The summed E-state index contributed by atoms with van der Waals surface area (Å²) in [5.74, 6) is -2.11. The maximum Gasteiger partial charge on any atom is 0.269 e. The summed E-state index contributed by atoms with van der Waals surface area (Å²) in [4.78, 5) is 54.5. The zero-order valence-electron chi connectivity index (χ0n) is 23.0. The lowest BCUT2D eigenvalue weighted by molar-refractivity contribution is -0.137. The van der Waals surface area contributed by atoms with Gasteiger partial charge in [0.05, 0.1) is 36.8 Å². The first kappa shape index (κ1) is 29.6. The van der Waals surface area contributed by atoms with Crippen molar-refractivity contribution in [3.05, 3.63) is 64.1 Å². The standard InChI is InChI=1S/C29H32ClFN6O5/c30-23-3-1-2-19(27(23)31)14-33-25(39)16-36(20-5-6-20)26(40)17-37-24-7-4-18(13-22(24)28(34-37)29(32)41)12-21(38)15-35-8-10-42-11-9-35/h1-4,7,13,20H,5-6,8-12,14-17H2,(H2,32,41)(H,33,39). The van der Waals surface area contributed by atoms with Crippen LogP contribution in [0.1, 0.15) is 34.5 Å². The van der Waals surface area contributed by atoms with Gasteiger partial charge in [-0.25, -0.2) is 4.39 Å². The summed E-state index contributed by atoms with van der Waals surface area (Å²) in [5.41, 5.74) is 7.06. The van der Waals surface area contributed by atoms with Gasteiger partial charge < -0.3 is 20.7 Å². The molecular weight excluding hydrogens is 567 g/mol. The highest BCUT2D eigenvalue weighted by atomic mass is 35.5. The Hall–Kier alpha value is -3.87. The van der Waals surface area contributed by atoms with Crippen molar-refractivity contribution in [2.24, 2.45) is 5.73 Å². The molecule has 3 amide bonds. The Morgan fingerprint density at radius 3 is 2.60 bits per heavy atom. The highest BCUT2D eigenvalue weighted by Gasteiger charge is 2.34. The van der Waals surface area contributed by atoms with Crippen LogP contribution in [0.15, 0.2) is 36.4 Å². The molecule has 0 radical (unpaired) electrons. The van der Waals surface area contributed by atoms with E-state index in [0.717, 1.165) is 12.8 Å². The molecule has 5 rings (SSSR count). The van der Waals surface area contributed by atoms with Crippen LogP contribution in [0.25, 0.3) is 10.9 Å². The van der Waals surface area contributed by atoms with Crippen molar-refractivity contribution in [2.45, 2.75) is 38.4 Å². The van der Waals surface area contributed by atoms with Gasteiger partial charge in [0.2, 0.25) is 11.8 Å². The van der Waals surface area contributed by atoms with Crippen LogP contribution in [0.3, 0.4) is 0 Å². The Morgan fingerprint density at radius 2 is 1.88 bits per heavy atom. The smallest absolute Gasteiger partial charge is 0.269 e. The summed E-state index contributed by atoms with van der Waals surface area (Å²) in [6.45, 7) is 2.44. The van der Waals surface area contributed by atoms with Gasteiger partial charge in [0.15, 0.2) is 11.5 Å². The van der Waals surface area contributed by atoms with Crippen LogP contribution in [0.4, 0.5) is 4.39 Å². The molecule has 1 aromatic heterocycles. The number of benzene rings is 2. The van der Waals surface area contributed by atoms with E-state index in [2.05, 4.69) is 10.4 Å². The monoisotopic (exact) mass is 598 g/mol. The second kappa shape index (κ2) is 13.0. The largest absolute Gasteiger partial charge is 0.379 e. The van der Waals surface area contributed by atoms with Gasteiger partial charge in [-0.2, -0.15) is 5.10 Å². The topological polar surface area (TPSA) is 140 Å². The van der Waals surface area contributed by atoms with Gasteiger partial charge in [0.25, 0.3) is 5.91 Å². The number of morpholine rings is 1. The summed E-state index contributed by atoms with van der Waals surface area (Å²) < 4.78 is 20.9. The number of rotatable bonds is 12. The maximum absolute atomic E-state index is 14.2. The van der Waals surface area contributed by atoms with Crippen LogP contribution in [0, 0.1) is 5.82 Å². The van der Waals surface area contributed by atoms with Crippen molar-refractivity contribution in [3.8, 4) is 0 Å². The van der Waals surface area contributed by atoms with Gasteiger partial charge >= 0.3 is 0 Å². The summed E-state index contributed by atoms with van der Waals surface area (Å²) in [6.07, 6.45) is 1.70. The molecule has 222 valence electrons. The predicted molar refractivity (Wildman–Crippen MR) is 152 cm³/mol. The van der Waals surface area contributed by atoms with Gasteiger partial charge in [0.1, 0.15) is 12.4 Å². The quantitative estimate of drug-likeness (QED) is 0.323. The summed E-state index contributed by atoms with van der Waals surface area (Å²) in [7, 11) is 0. The zero-order chi connectivity index (χ0) is 29.8. The van der Waals surface area contributed by atoms with Crippen molar-refractivity contribution in [1.82, 2.24) is 24.9 Å². The number of hydrogen-bond donors (Lipinski definition) is 2. The number of halogens is 2. The summed E-state index contributed by atoms with van der Waals surface area (Å²) in [5, 5.41) is 7.37. The number of nitrogens with zero attached hydrogens (tertiary/aromatic N) is 4. The van der Waals surface area contributed by atoms with Gasteiger partial charge in [0, 0.05) is 43.0 Å². The Labute approximate surface area is 246 Å². The molecule has 1 aliphatic carbocycles. The van der Waals surface area contributed by atoms with E-state index in [1.54, 1.807) is 24.3 Å². The van der Waals surface area contributed by atoms with E-state index in [1.165, 1.54) is 21.7 Å². The molecule has 1 saturated carbocycles. The lowest BCUT2D eigenvalue weighted by Crippen LogP contribution is -2.43.